The molecule has 0 aliphatic carbocycles. The first-order valence-electron chi connectivity index (χ1n) is 9.12. The van der Waals surface area contributed by atoms with Gasteiger partial charge in [-0.05, 0) is 30.3 Å². The predicted octanol–water partition coefficient (Wildman–Crippen LogP) is 2.91. The van der Waals surface area contributed by atoms with Gasteiger partial charge in [0.25, 0.3) is 11.8 Å². The van der Waals surface area contributed by atoms with Gasteiger partial charge in [0.15, 0.2) is 6.61 Å². The summed E-state index contributed by atoms with van der Waals surface area (Å²) in [5.74, 6) is -0.828. The molecule has 2 heterocycles. The van der Waals surface area contributed by atoms with Crippen LogP contribution in [0.15, 0.2) is 36.4 Å². The van der Waals surface area contributed by atoms with Crippen LogP contribution in [0.2, 0.25) is 0 Å². The Morgan fingerprint density at radius 3 is 2.60 bits per heavy atom. The number of carbonyl (C=O) groups excluding carboxylic acids is 2. The van der Waals surface area contributed by atoms with Crippen LogP contribution in [0, 0.1) is 11.7 Å². The molecule has 0 aromatic heterocycles. The molecule has 2 aliphatic rings. The molecule has 10 heteroatoms. The van der Waals surface area contributed by atoms with E-state index in [-0.39, 0.29) is 41.2 Å². The van der Waals surface area contributed by atoms with Crippen LogP contribution in [0.4, 0.5) is 18.9 Å². The van der Waals surface area contributed by atoms with Gasteiger partial charge in [-0.3, -0.25) is 9.59 Å². The van der Waals surface area contributed by atoms with Crippen molar-refractivity contribution in [1.29, 1.82) is 0 Å². The van der Waals surface area contributed by atoms with E-state index in [9.17, 15) is 22.8 Å². The second kappa shape index (κ2) is 8.13. The minimum Gasteiger partial charge on any atom is -0.493 e. The van der Waals surface area contributed by atoms with E-state index in [4.69, 9.17) is 9.47 Å². The zero-order valence-corrected chi connectivity index (χ0v) is 15.6. The zero-order valence-electron chi connectivity index (χ0n) is 15.6. The van der Waals surface area contributed by atoms with Crippen molar-refractivity contribution in [3.63, 3.8) is 0 Å². The van der Waals surface area contributed by atoms with Crippen molar-refractivity contribution >= 4 is 17.5 Å². The topological polar surface area (TPSA) is 77.1 Å². The molecule has 158 valence electrons. The van der Waals surface area contributed by atoms with Crippen molar-refractivity contribution in [3.05, 3.63) is 47.8 Å². The van der Waals surface area contributed by atoms with Gasteiger partial charge in [-0.25, -0.2) is 4.39 Å². The Morgan fingerprint density at radius 2 is 1.90 bits per heavy atom. The quantitative estimate of drug-likeness (QED) is 0.775. The van der Waals surface area contributed by atoms with Crippen LogP contribution >= 0.6 is 0 Å². The van der Waals surface area contributed by atoms with E-state index in [0.717, 1.165) is 6.07 Å². The van der Waals surface area contributed by atoms with Crippen molar-refractivity contribution in [2.75, 3.05) is 31.6 Å². The van der Waals surface area contributed by atoms with Crippen molar-refractivity contribution < 1.29 is 37.0 Å². The van der Waals surface area contributed by atoms with E-state index in [2.05, 4.69) is 10.1 Å². The van der Waals surface area contributed by atoms with Crippen molar-refractivity contribution in [2.45, 2.75) is 6.61 Å². The fourth-order valence-corrected chi connectivity index (χ4v) is 3.21. The standard InChI is InChI=1S/C20H17F3N2O5/c21-15-6-17-16(24-18(26)10-29-17)5-14(15)19(27)25-7-11(8-25)9-28-12-1-3-13(4-2-12)30-20(22)23/h1-6,11,20H,7-10H2,(H,24,26). The molecule has 2 amide bonds. The first-order valence-corrected chi connectivity index (χ1v) is 9.12. The number of hydrogen-bond donors (Lipinski definition) is 1. The zero-order chi connectivity index (χ0) is 21.3. The van der Waals surface area contributed by atoms with Crippen molar-refractivity contribution in [3.8, 4) is 17.2 Å². The molecule has 2 aliphatic heterocycles. The summed E-state index contributed by atoms with van der Waals surface area (Å²) < 4.78 is 53.6. The molecule has 4 rings (SSSR count). The Balaban J connectivity index is 1.30. The number of alkyl halides is 2. The lowest BCUT2D eigenvalue weighted by molar-refractivity contribution is -0.118. The third-order valence-electron chi connectivity index (χ3n) is 4.71. The molecular formula is C20H17F3N2O5. The van der Waals surface area contributed by atoms with Crippen LogP contribution in [0.1, 0.15) is 10.4 Å². The first kappa shape index (κ1) is 19.9. The summed E-state index contributed by atoms with van der Waals surface area (Å²) in [5, 5.41) is 2.55. The van der Waals surface area contributed by atoms with Crippen LogP contribution < -0.4 is 19.5 Å². The number of amides is 2. The molecule has 1 N–H and O–H groups in total. The maximum Gasteiger partial charge on any atom is 0.387 e. The lowest BCUT2D eigenvalue weighted by Gasteiger charge is -2.39. The second-order valence-corrected chi connectivity index (χ2v) is 6.90. The van der Waals surface area contributed by atoms with Crippen molar-refractivity contribution in [1.82, 2.24) is 4.90 Å². The monoisotopic (exact) mass is 422 g/mol. The smallest absolute Gasteiger partial charge is 0.387 e. The molecule has 2 aromatic carbocycles. The number of anilines is 1. The lowest BCUT2D eigenvalue weighted by Crippen LogP contribution is -2.52. The Morgan fingerprint density at radius 1 is 1.20 bits per heavy atom. The first-order chi connectivity index (χ1) is 14.4. The van der Waals surface area contributed by atoms with Gasteiger partial charge in [-0.1, -0.05) is 0 Å². The van der Waals surface area contributed by atoms with Gasteiger partial charge >= 0.3 is 6.61 Å². The third-order valence-corrected chi connectivity index (χ3v) is 4.71. The third kappa shape index (κ3) is 4.27. The number of rotatable bonds is 6. The van der Waals surface area contributed by atoms with E-state index in [0.29, 0.717) is 25.4 Å². The van der Waals surface area contributed by atoms with Gasteiger partial charge in [-0.2, -0.15) is 8.78 Å². The molecule has 0 saturated carbocycles. The fraction of sp³-hybridized carbons (Fsp3) is 0.300. The fourth-order valence-electron chi connectivity index (χ4n) is 3.21. The maximum atomic E-state index is 14.3. The Hall–Kier alpha value is -3.43. The number of nitrogens with one attached hydrogen (secondary N) is 1. The summed E-state index contributed by atoms with van der Waals surface area (Å²) in [5.41, 5.74) is 0.115. The lowest BCUT2D eigenvalue weighted by atomic mass is 9.99. The number of benzene rings is 2. The van der Waals surface area contributed by atoms with E-state index < -0.39 is 18.3 Å². The van der Waals surface area contributed by atoms with Crippen LogP contribution in [0.25, 0.3) is 0 Å². The van der Waals surface area contributed by atoms with Crippen molar-refractivity contribution in [2.24, 2.45) is 5.92 Å². The predicted molar refractivity (Wildman–Crippen MR) is 98.5 cm³/mol. The molecule has 30 heavy (non-hydrogen) atoms. The number of hydrogen-bond acceptors (Lipinski definition) is 5. The van der Waals surface area contributed by atoms with Gasteiger partial charge in [0.1, 0.15) is 23.1 Å². The Kier molecular flexibility index (Phi) is 5.39. The van der Waals surface area contributed by atoms with Gasteiger partial charge in [0.05, 0.1) is 17.9 Å². The summed E-state index contributed by atoms with van der Waals surface area (Å²) in [4.78, 5) is 25.5. The molecule has 0 unspecified atom stereocenters. The molecular weight excluding hydrogens is 405 g/mol. The Bertz CT molecular complexity index is 962. The van der Waals surface area contributed by atoms with Crippen LogP contribution in [0.5, 0.6) is 17.2 Å². The van der Waals surface area contributed by atoms with Gasteiger partial charge < -0.3 is 24.4 Å². The number of likely N-dealkylation sites (tertiary alicyclic amines) is 1. The summed E-state index contributed by atoms with van der Waals surface area (Å²) in [6.07, 6.45) is 0. The normalized spacial score (nSPS) is 15.7. The van der Waals surface area contributed by atoms with Crippen LogP contribution in [0.3, 0.4) is 0 Å². The minimum atomic E-state index is -2.89. The molecule has 0 atom stereocenters. The highest BCUT2D eigenvalue weighted by Gasteiger charge is 2.33. The maximum absolute atomic E-state index is 14.3. The molecule has 2 aromatic rings. The van der Waals surface area contributed by atoms with E-state index in [1.54, 1.807) is 0 Å². The highest BCUT2D eigenvalue weighted by atomic mass is 19.3. The minimum absolute atomic E-state index is 0.0337. The summed E-state index contributed by atoms with van der Waals surface area (Å²) in [6.45, 7) is -2.01. The number of ether oxygens (including phenoxy) is 3. The van der Waals surface area contributed by atoms with Crippen LogP contribution in [-0.2, 0) is 4.79 Å². The van der Waals surface area contributed by atoms with Crippen LogP contribution in [-0.4, -0.2) is 49.6 Å². The summed E-state index contributed by atoms with van der Waals surface area (Å²) in [6, 6.07) is 8.13. The average Bonchev–Trinajstić information content (AvgIpc) is 2.67. The molecule has 7 nitrogen and oxygen atoms in total. The van der Waals surface area contributed by atoms with Gasteiger partial charge in [0.2, 0.25) is 0 Å². The average molecular weight is 422 g/mol. The summed E-state index contributed by atoms with van der Waals surface area (Å²) in [7, 11) is 0. The van der Waals surface area contributed by atoms with E-state index in [1.807, 2.05) is 0 Å². The highest BCUT2D eigenvalue weighted by Crippen LogP contribution is 2.32. The van der Waals surface area contributed by atoms with Gasteiger partial charge in [0, 0.05) is 25.1 Å². The highest BCUT2D eigenvalue weighted by molar-refractivity contribution is 6.00. The van der Waals surface area contributed by atoms with E-state index >= 15 is 0 Å². The molecule has 1 saturated heterocycles. The van der Waals surface area contributed by atoms with Gasteiger partial charge in [-0.15, -0.1) is 0 Å². The number of fused-ring (bicyclic) bond motifs is 1. The van der Waals surface area contributed by atoms with E-state index in [1.165, 1.54) is 35.2 Å². The second-order valence-electron chi connectivity index (χ2n) is 6.90. The molecule has 0 radical (unpaired) electrons. The number of nitrogens with zero attached hydrogens (tertiary/aromatic N) is 1. The number of halogens is 3. The SMILES string of the molecule is O=C1COc2cc(F)c(C(=O)N3CC(COc4ccc(OC(F)F)cc4)C3)cc2N1. The number of carbonyl (C=O) groups is 2. The molecule has 0 bridgehead atoms. The largest absolute Gasteiger partial charge is 0.493 e. The summed E-state index contributed by atoms with van der Waals surface area (Å²) >= 11 is 0. The Labute approximate surface area is 169 Å². The molecule has 0 spiro atoms. The molecule has 1 fully saturated rings.